The lowest BCUT2D eigenvalue weighted by Crippen LogP contribution is -2.41. The van der Waals surface area contributed by atoms with Crippen LogP contribution >= 0.6 is 0 Å². The van der Waals surface area contributed by atoms with Crippen molar-refractivity contribution >= 4 is 5.97 Å². The average Bonchev–Trinajstić information content (AvgIpc) is 1.85. The second-order valence-corrected chi connectivity index (χ2v) is 2.63. The van der Waals surface area contributed by atoms with E-state index in [0.717, 1.165) is 6.08 Å². The summed E-state index contributed by atoms with van der Waals surface area (Å²) in [6, 6.07) is 0. The summed E-state index contributed by atoms with van der Waals surface area (Å²) in [5, 5.41) is 8.33. The highest BCUT2D eigenvalue weighted by molar-refractivity contribution is 5.75. The van der Waals surface area contributed by atoms with Gasteiger partial charge in [-0.15, -0.1) is 6.58 Å². The van der Waals surface area contributed by atoms with E-state index in [2.05, 4.69) is 6.58 Å². The lowest BCUT2D eigenvalue weighted by molar-refractivity contribution is -0.225. The fourth-order valence-corrected chi connectivity index (χ4v) is 0.613. The first-order valence-corrected chi connectivity index (χ1v) is 3.16. The van der Waals surface area contributed by atoms with Crippen molar-refractivity contribution in [3.63, 3.8) is 0 Å². The summed E-state index contributed by atoms with van der Waals surface area (Å²) in [4.78, 5) is 10.3. The van der Waals surface area contributed by atoms with Crippen molar-refractivity contribution in [3.8, 4) is 0 Å². The number of halogens is 3. The van der Waals surface area contributed by atoms with E-state index in [1.165, 1.54) is 0 Å². The highest BCUT2D eigenvalue weighted by atomic mass is 19.4. The Bertz CT molecular complexity index is 197. The number of alkyl halides is 3. The van der Waals surface area contributed by atoms with Crippen LogP contribution < -0.4 is 0 Å². The van der Waals surface area contributed by atoms with Crippen LogP contribution in [0.15, 0.2) is 12.7 Å². The first kappa shape index (κ1) is 11.0. The zero-order valence-electron chi connectivity index (χ0n) is 6.48. The molecule has 12 heavy (non-hydrogen) atoms. The molecular formula is C7H9F3O2. The Hall–Kier alpha value is -1.00. The second kappa shape index (κ2) is 3.16. The lowest BCUT2D eigenvalue weighted by Gasteiger charge is -2.25. The molecule has 0 aromatic heterocycles. The van der Waals surface area contributed by atoms with Gasteiger partial charge in [0.05, 0.1) is 0 Å². The van der Waals surface area contributed by atoms with Gasteiger partial charge in [0.25, 0.3) is 0 Å². The number of allylic oxidation sites excluding steroid dienone is 1. The highest BCUT2D eigenvalue weighted by Gasteiger charge is 2.56. The Morgan fingerprint density at radius 3 is 2.08 bits per heavy atom. The van der Waals surface area contributed by atoms with Crippen LogP contribution in [-0.2, 0) is 4.79 Å². The maximum absolute atomic E-state index is 12.1. The van der Waals surface area contributed by atoms with Crippen LogP contribution in [0.4, 0.5) is 13.2 Å². The van der Waals surface area contributed by atoms with Crippen molar-refractivity contribution in [2.45, 2.75) is 19.5 Å². The van der Waals surface area contributed by atoms with Crippen LogP contribution in [-0.4, -0.2) is 17.3 Å². The minimum absolute atomic E-state index is 0.619. The molecule has 0 saturated carbocycles. The van der Waals surface area contributed by atoms with E-state index in [-0.39, 0.29) is 0 Å². The van der Waals surface area contributed by atoms with Gasteiger partial charge >= 0.3 is 12.1 Å². The van der Waals surface area contributed by atoms with Gasteiger partial charge in [0.1, 0.15) is 0 Å². The molecule has 0 heterocycles. The summed E-state index contributed by atoms with van der Waals surface area (Å²) in [6.45, 7) is 3.71. The van der Waals surface area contributed by atoms with Crippen molar-refractivity contribution in [1.29, 1.82) is 0 Å². The molecule has 0 aliphatic heterocycles. The predicted molar refractivity (Wildman–Crippen MR) is 36.6 cm³/mol. The molecule has 0 spiro atoms. The van der Waals surface area contributed by atoms with Gasteiger partial charge in [-0.05, 0) is 13.3 Å². The third-order valence-corrected chi connectivity index (χ3v) is 1.65. The summed E-state index contributed by atoms with van der Waals surface area (Å²) < 4.78 is 36.3. The summed E-state index contributed by atoms with van der Waals surface area (Å²) in [6.07, 6.45) is -4.42. The summed E-state index contributed by atoms with van der Waals surface area (Å²) >= 11 is 0. The molecule has 5 heteroatoms. The number of hydrogen-bond donors (Lipinski definition) is 1. The number of carbonyl (C=O) groups is 1. The van der Waals surface area contributed by atoms with E-state index in [1.807, 2.05) is 0 Å². The summed E-state index contributed by atoms with van der Waals surface area (Å²) in [5.74, 6) is -1.88. The van der Waals surface area contributed by atoms with E-state index in [0.29, 0.717) is 6.92 Å². The van der Waals surface area contributed by atoms with Crippen molar-refractivity contribution < 1.29 is 23.1 Å². The smallest absolute Gasteiger partial charge is 0.404 e. The average molecular weight is 182 g/mol. The Labute approximate surface area is 67.7 Å². The Balaban J connectivity index is 4.86. The van der Waals surface area contributed by atoms with Gasteiger partial charge in [0, 0.05) is 0 Å². The molecule has 0 amide bonds. The fourth-order valence-electron chi connectivity index (χ4n) is 0.613. The minimum Gasteiger partial charge on any atom is -0.481 e. The van der Waals surface area contributed by atoms with E-state index in [1.54, 1.807) is 0 Å². The molecule has 2 nitrogen and oxygen atoms in total. The maximum Gasteiger partial charge on any atom is 0.404 e. The molecule has 0 aliphatic rings. The fraction of sp³-hybridized carbons (Fsp3) is 0.571. The van der Waals surface area contributed by atoms with Crippen LogP contribution in [0.5, 0.6) is 0 Å². The quantitative estimate of drug-likeness (QED) is 0.679. The first-order valence-electron chi connectivity index (χ1n) is 3.16. The first-order chi connectivity index (χ1) is 5.25. The van der Waals surface area contributed by atoms with Gasteiger partial charge in [0.15, 0.2) is 5.41 Å². The molecule has 0 aromatic rings. The number of rotatable bonds is 3. The molecule has 0 saturated heterocycles. The molecular weight excluding hydrogens is 173 g/mol. The zero-order chi connectivity index (χ0) is 9.99. The van der Waals surface area contributed by atoms with E-state index in [9.17, 15) is 18.0 Å². The van der Waals surface area contributed by atoms with Gasteiger partial charge in [-0.3, -0.25) is 4.79 Å². The zero-order valence-corrected chi connectivity index (χ0v) is 6.48. The third kappa shape index (κ3) is 1.78. The van der Waals surface area contributed by atoms with Gasteiger partial charge in [0.2, 0.25) is 0 Å². The summed E-state index contributed by atoms with van der Waals surface area (Å²) in [7, 11) is 0. The van der Waals surface area contributed by atoms with E-state index < -0.39 is 24.0 Å². The Morgan fingerprint density at radius 1 is 1.58 bits per heavy atom. The SMILES string of the molecule is C=CCC(C)(C(=O)O)C(F)(F)F. The van der Waals surface area contributed by atoms with Crippen LogP contribution in [0.3, 0.4) is 0 Å². The molecule has 0 aliphatic carbocycles. The normalized spacial score (nSPS) is 16.7. The highest BCUT2D eigenvalue weighted by Crippen LogP contribution is 2.41. The van der Waals surface area contributed by atoms with Crippen molar-refractivity contribution in [3.05, 3.63) is 12.7 Å². The molecule has 0 bridgehead atoms. The van der Waals surface area contributed by atoms with E-state index >= 15 is 0 Å². The topological polar surface area (TPSA) is 37.3 Å². The van der Waals surface area contributed by atoms with Crippen LogP contribution in [0.25, 0.3) is 0 Å². The number of carboxylic acid groups (broad SMARTS) is 1. The summed E-state index contributed by atoms with van der Waals surface area (Å²) in [5.41, 5.74) is -2.71. The van der Waals surface area contributed by atoms with Crippen molar-refractivity contribution in [1.82, 2.24) is 0 Å². The third-order valence-electron chi connectivity index (χ3n) is 1.65. The number of aliphatic carboxylic acids is 1. The molecule has 0 fully saturated rings. The largest absolute Gasteiger partial charge is 0.481 e. The molecule has 0 rings (SSSR count). The number of carboxylic acids is 1. The molecule has 0 aromatic carbocycles. The molecule has 0 radical (unpaired) electrons. The second-order valence-electron chi connectivity index (χ2n) is 2.63. The predicted octanol–water partition coefficient (Wildman–Crippen LogP) is 2.22. The standard InChI is InChI=1S/C7H9F3O2/c1-3-4-6(2,5(11)12)7(8,9)10/h3H,1,4H2,2H3,(H,11,12). The van der Waals surface area contributed by atoms with Gasteiger partial charge in [-0.2, -0.15) is 13.2 Å². The molecule has 1 unspecified atom stereocenters. The van der Waals surface area contributed by atoms with Crippen molar-refractivity contribution in [2.24, 2.45) is 5.41 Å². The Kier molecular flexibility index (Phi) is 2.90. The van der Waals surface area contributed by atoms with Gasteiger partial charge < -0.3 is 5.11 Å². The van der Waals surface area contributed by atoms with Crippen LogP contribution in [0.1, 0.15) is 13.3 Å². The molecule has 1 atom stereocenters. The van der Waals surface area contributed by atoms with Gasteiger partial charge in [-0.25, -0.2) is 0 Å². The molecule has 70 valence electrons. The van der Waals surface area contributed by atoms with Gasteiger partial charge in [-0.1, -0.05) is 6.08 Å². The maximum atomic E-state index is 12.1. The molecule has 1 N–H and O–H groups in total. The van der Waals surface area contributed by atoms with Crippen LogP contribution in [0.2, 0.25) is 0 Å². The number of hydrogen-bond acceptors (Lipinski definition) is 1. The van der Waals surface area contributed by atoms with E-state index in [4.69, 9.17) is 5.11 Å². The monoisotopic (exact) mass is 182 g/mol. The lowest BCUT2D eigenvalue weighted by atomic mass is 9.86. The Morgan fingerprint density at radius 2 is 2.00 bits per heavy atom. The van der Waals surface area contributed by atoms with Crippen LogP contribution in [0, 0.1) is 5.41 Å². The van der Waals surface area contributed by atoms with Crippen molar-refractivity contribution in [2.75, 3.05) is 0 Å². The minimum atomic E-state index is -4.74.